The molecule has 1 aromatic heterocycles. The van der Waals surface area contributed by atoms with Crippen LogP contribution in [0.1, 0.15) is 5.69 Å². The molecule has 2 rings (SSSR count). The van der Waals surface area contributed by atoms with Crippen molar-refractivity contribution in [3.05, 3.63) is 52.3 Å². The summed E-state index contributed by atoms with van der Waals surface area (Å²) in [7, 11) is 0. The molecule has 1 aromatic carbocycles. The van der Waals surface area contributed by atoms with Crippen LogP contribution in [0.5, 0.6) is 0 Å². The van der Waals surface area contributed by atoms with Crippen molar-refractivity contribution in [3.8, 4) is 0 Å². The predicted octanol–water partition coefficient (Wildman–Crippen LogP) is 4.08. The molecule has 0 atom stereocenters. The van der Waals surface area contributed by atoms with E-state index in [4.69, 9.17) is 23.2 Å². The molecular formula is C11H8Cl2N2S. The van der Waals surface area contributed by atoms with Gasteiger partial charge in [0.05, 0.1) is 10.7 Å². The Morgan fingerprint density at radius 1 is 1.00 bits per heavy atom. The van der Waals surface area contributed by atoms with Crippen molar-refractivity contribution in [2.24, 2.45) is 0 Å². The van der Waals surface area contributed by atoms with Crippen LogP contribution in [-0.2, 0) is 5.75 Å². The lowest BCUT2D eigenvalue weighted by molar-refractivity contribution is 0.972. The van der Waals surface area contributed by atoms with Crippen LogP contribution >= 0.6 is 35.0 Å². The fourth-order valence-corrected chi connectivity index (χ4v) is 2.37. The molecule has 0 saturated carbocycles. The average Bonchev–Trinajstić information content (AvgIpc) is 2.30. The first-order valence-electron chi connectivity index (χ1n) is 4.61. The monoisotopic (exact) mass is 270 g/mol. The fourth-order valence-electron chi connectivity index (χ4n) is 1.13. The first-order valence-corrected chi connectivity index (χ1v) is 6.35. The van der Waals surface area contributed by atoms with Crippen LogP contribution in [0.2, 0.25) is 10.2 Å². The minimum Gasteiger partial charge on any atom is -0.153 e. The maximum absolute atomic E-state index is 6.04. The molecular weight excluding hydrogens is 263 g/mol. The Kier molecular flexibility index (Phi) is 4.04. The second-order valence-corrected chi connectivity index (χ2v) is 4.88. The van der Waals surface area contributed by atoms with E-state index >= 15 is 0 Å². The van der Waals surface area contributed by atoms with Crippen molar-refractivity contribution < 1.29 is 0 Å². The van der Waals surface area contributed by atoms with Crippen molar-refractivity contribution in [3.63, 3.8) is 0 Å². The number of aromatic nitrogens is 2. The summed E-state index contributed by atoms with van der Waals surface area (Å²) in [5.74, 6) is 0.730. The van der Waals surface area contributed by atoms with Crippen LogP contribution in [0.3, 0.4) is 0 Å². The highest BCUT2D eigenvalue weighted by Crippen LogP contribution is 2.28. The van der Waals surface area contributed by atoms with Gasteiger partial charge in [0.2, 0.25) is 0 Å². The van der Waals surface area contributed by atoms with E-state index in [1.807, 2.05) is 30.3 Å². The third kappa shape index (κ3) is 3.11. The second-order valence-electron chi connectivity index (χ2n) is 3.07. The summed E-state index contributed by atoms with van der Waals surface area (Å²) in [6.07, 6.45) is 0. The summed E-state index contributed by atoms with van der Waals surface area (Å²) in [5.41, 5.74) is 0.884. The molecule has 0 amide bonds. The summed E-state index contributed by atoms with van der Waals surface area (Å²) in [6.45, 7) is 0. The Morgan fingerprint density at radius 2 is 1.81 bits per heavy atom. The van der Waals surface area contributed by atoms with Gasteiger partial charge in [0.25, 0.3) is 0 Å². The van der Waals surface area contributed by atoms with Gasteiger partial charge in [-0.3, -0.25) is 0 Å². The van der Waals surface area contributed by atoms with E-state index in [9.17, 15) is 0 Å². The van der Waals surface area contributed by atoms with E-state index in [-0.39, 0.29) is 0 Å². The normalized spacial score (nSPS) is 10.4. The molecule has 2 nitrogen and oxygen atoms in total. The Bertz CT molecular complexity index is 474. The Labute approximate surface area is 108 Å². The van der Waals surface area contributed by atoms with Gasteiger partial charge < -0.3 is 0 Å². The summed E-state index contributed by atoms with van der Waals surface area (Å²) in [6, 6.07) is 11.3. The lowest BCUT2D eigenvalue weighted by Crippen LogP contribution is -1.89. The van der Waals surface area contributed by atoms with Crippen molar-refractivity contribution in [1.82, 2.24) is 10.2 Å². The number of nitrogens with zero attached hydrogens (tertiary/aromatic N) is 2. The number of benzene rings is 1. The van der Waals surface area contributed by atoms with Crippen LogP contribution in [-0.4, -0.2) is 10.2 Å². The van der Waals surface area contributed by atoms with Gasteiger partial charge in [0, 0.05) is 10.6 Å². The van der Waals surface area contributed by atoms with Crippen LogP contribution in [0.4, 0.5) is 0 Å². The molecule has 0 spiro atoms. The largest absolute Gasteiger partial charge is 0.153 e. The van der Waals surface area contributed by atoms with E-state index < -0.39 is 0 Å². The van der Waals surface area contributed by atoms with Gasteiger partial charge in [-0.2, -0.15) is 5.10 Å². The second kappa shape index (κ2) is 5.53. The van der Waals surface area contributed by atoms with Gasteiger partial charge in [-0.1, -0.05) is 35.3 Å². The quantitative estimate of drug-likeness (QED) is 0.787. The highest BCUT2D eigenvalue weighted by atomic mass is 35.5. The van der Waals surface area contributed by atoms with E-state index in [0.717, 1.165) is 21.4 Å². The minimum absolute atomic E-state index is 0.409. The minimum atomic E-state index is 0.409. The molecule has 0 aliphatic rings. The average molecular weight is 271 g/mol. The lowest BCUT2D eigenvalue weighted by atomic mass is 10.4. The maximum atomic E-state index is 6.04. The third-order valence-corrected chi connectivity index (χ3v) is 3.65. The number of rotatable bonds is 3. The zero-order valence-corrected chi connectivity index (χ0v) is 10.6. The Morgan fingerprint density at radius 3 is 2.50 bits per heavy atom. The first kappa shape index (κ1) is 11.7. The summed E-state index contributed by atoms with van der Waals surface area (Å²) < 4.78 is 0. The molecule has 0 aliphatic heterocycles. The maximum Gasteiger partial charge on any atom is 0.151 e. The highest BCUT2D eigenvalue weighted by Gasteiger charge is 2.01. The molecule has 5 heteroatoms. The van der Waals surface area contributed by atoms with Gasteiger partial charge in [-0.05, 0) is 24.3 Å². The predicted molar refractivity (Wildman–Crippen MR) is 68.1 cm³/mol. The van der Waals surface area contributed by atoms with Gasteiger partial charge in [0.1, 0.15) is 0 Å². The fraction of sp³-hybridized carbons (Fsp3) is 0.0909. The van der Waals surface area contributed by atoms with E-state index in [0.29, 0.717) is 5.15 Å². The van der Waals surface area contributed by atoms with Crippen LogP contribution in [0.25, 0.3) is 0 Å². The Hall–Kier alpha value is -0.770. The molecule has 1 heterocycles. The van der Waals surface area contributed by atoms with Gasteiger partial charge in [-0.15, -0.1) is 16.9 Å². The van der Waals surface area contributed by atoms with Crippen LogP contribution in [0, 0.1) is 0 Å². The van der Waals surface area contributed by atoms with Gasteiger partial charge >= 0.3 is 0 Å². The lowest BCUT2D eigenvalue weighted by Gasteiger charge is -2.02. The molecule has 82 valence electrons. The zero-order valence-electron chi connectivity index (χ0n) is 8.23. The van der Waals surface area contributed by atoms with Crippen LogP contribution in [0.15, 0.2) is 41.3 Å². The summed E-state index contributed by atoms with van der Waals surface area (Å²) >= 11 is 13.3. The number of hydrogen-bond donors (Lipinski definition) is 0. The molecule has 16 heavy (non-hydrogen) atoms. The molecule has 0 bridgehead atoms. The van der Waals surface area contributed by atoms with Crippen molar-refractivity contribution >= 4 is 35.0 Å². The van der Waals surface area contributed by atoms with Crippen molar-refractivity contribution in [2.75, 3.05) is 0 Å². The molecule has 0 radical (unpaired) electrons. The molecule has 0 unspecified atom stereocenters. The van der Waals surface area contributed by atoms with E-state index in [2.05, 4.69) is 10.2 Å². The molecule has 0 aliphatic carbocycles. The van der Waals surface area contributed by atoms with Crippen molar-refractivity contribution in [1.29, 1.82) is 0 Å². The Balaban J connectivity index is 2.02. The van der Waals surface area contributed by atoms with Gasteiger partial charge in [0.15, 0.2) is 5.15 Å². The van der Waals surface area contributed by atoms with Crippen molar-refractivity contribution in [2.45, 2.75) is 10.6 Å². The number of halogens is 2. The van der Waals surface area contributed by atoms with Crippen LogP contribution < -0.4 is 0 Å². The highest BCUT2D eigenvalue weighted by molar-refractivity contribution is 7.98. The molecule has 0 N–H and O–H groups in total. The molecule has 0 saturated heterocycles. The van der Waals surface area contributed by atoms with Gasteiger partial charge in [-0.25, -0.2) is 0 Å². The van der Waals surface area contributed by atoms with E-state index in [1.165, 1.54) is 0 Å². The topological polar surface area (TPSA) is 25.8 Å². The first-order chi connectivity index (χ1) is 7.75. The van der Waals surface area contributed by atoms with E-state index in [1.54, 1.807) is 17.8 Å². The number of thioether (sulfide) groups is 1. The SMILES string of the molecule is Clc1ccc(CSc2ccccc2Cl)nn1. The molecule has 0 fully saturated rings. The molecule has 2 aromatic rings. The third-order valence-electron chi connectivity index (χ3n) is 1.90. The zero-order chi connectivity index (χ0) is 11.4. The summed E-state index contributed by atoms with van der Waals surface area (Å²) in [5, 5.41) is 8.93. The standard InChI is InChI=1S/C11H8Cl2N2S/c12-9-3-1-2-4-10(9)16-7-8-5-6-11(13)15-14-8/h1-6H,7H2. The summed E-state index contributed by atoms with van der Waals surface area (Å²) in [4.78, 5) is 1.04. The number of hydrogen-bond acceptors (Lipinski definition) is 3. The smallest absolute Gasteiger partial charge is 0.151 e.